The van der Waals surface area contributed by atoms with E-state index < -0.39 is 36.1 Å². The number of phenolic OH excluding ortho intramolecular Hbond substituents is 1. The molecule has 0 amide bonds. The third kappa shape index (κ3) is 3.89. The lowest BCUT2D eigenvalue weighted by Crippen LogP contribution is -2.58. The number of hydrogen-bond donors (Lipinski definition) is 3. The van der Waals surface area contributed by atoms with E-state index in [9.17, 15) is 20.1 Å². The van der Waals surface area contributed by atoms with Gasteiger partial charge >= 0.3 is 5.63 Å². The van der Waals surface area contributed by atoms with E-state index in [1.807, 2.05) is 13.0 Å². The molecule has 1 aromatic heterocycles. The van der Waals surface area contributed by atoms with Crippen LogP contribution in [-0.2, 0) is 11.2 Å². The quantitative estimate of drug-likeness (QED) is 0.267. The summed E-state index contributed by atoms with van der Waals surface area (Å²) in [5, 5.41) is 35.3. The van der Waals surface area contributed by atoms with Crippen molar-refractivity contribution in [2.45, 2.75) is 50.7 Å². The topological polar surface area (TPSA) is 122 Å². The van der Waals surface area contributed by atoms with Crippen LogP contribution >= 0.6 is 0 Å². The first-order valence-electron chi connectivity index (χ1n) is 12.6. The first kappa shape index (κ1) is 26.2. The summed E-state index contributed by atoms with van der Waals surface area (Å²) in [5.74, 6) is 0.783. The Morgan fingerprint density at radius 1 is 0.947 bits per heavy atom. The van der Waals surface area contributed by atoms with Crippen molar-refractivity contribution < 1.29 is 33.9 Å². The normalized spacial score (nSPS) is 24.0. The number of aliphatic hydroxyl groups is 2. The van der Waals surface area contributed by atoms with Crippen LogP contribution in [0.5, 0.6) is 17.2 Å². The Morgan fingerprint density at radius 3 is 2.26 bits per heavy atom. The van der Waals surface area contributed by atoms with Crippen LogP contribution in [0.25, 0.3) is 32.5 Å². The fraction of sp³-hybridized carbons (Fsp3) is 0.414. The van der Waals surface area contributed by atoms with E-state index in [-0.39, 0.29) is 11.3 Å². The Balaban J connectivity index is 1.93. The lowest BCUT2D eigenvalue weighted by molar-refractivity contribution is -0.197. The molecule has 1 aliphatic heterocycles. The molecule has 202 valence electrons. The van der Waals surface area contributed by atoms with Crippen LogP contribution in [0.2, 0.25) is 0 Å². The Kier molecular flexibility index (Phi) is 6.73. The number of benzene rings is 3. The lowest BCUT2D eigenvalue weighted by Gasteiger charge is -2.45. The van der Waals surface area contributed by atoms with Gasteiger partial charge in [-0.25, -0.2) is 4.79 Å². The molecular formula is C29H33NO8. The first-order valence-corrected chi connectivity index (χ1v) is 12.6. The molecule has 0 radical (unpaired) electrons. The van der Waals surface area contributed by atoms with Crippen LogP contribution < -0.4 is 15.1 Å². The summed E-state index contributed by atoms with van der Waals surface area (Å²) in [4.78, 5) is 15.1. The van der Waals surface area contributed by atoms with Gasteiger partial charge in [-0.2, -0.15) is 0 Å². The van der Waals surface area contributed by atoms with Crippen LogP contribution in [0.3, 0.4) is 0 Å². The zero-order valence-corrected chi connectivity index (χ0v) is 22.3. The minimum absolute atomic E-state index is 0.0823. The van der Waals surface area contributed by atoms with Crippen molar-refractivity contribution in [3.05, 3.63) is 51.9 Å². The van der Waals surface area contributed by atoms with Crippen molar-refractivity contribution in [1.29, 1.82) is 0 Å². The number of rotatable bonds is 5. The smallest absolute Gasteiger partial charge is 0.344 e. The summed E-state index contributed by atoms with van der Waals surface area (Å²) in [5.41, 5.74) is 1.07. The highest BCUT2D eigenvalue weighted by Gasteiger charge is 2.45. The van der Waals surface area contributed by atoms with Gasteiger partial charge in [0.1, 0.15) is 35.0 Å². The second kappa shape index (κ2) is 9.74. The molecule has 2 heterocycles. The number of nitrogens with zero attached hydrogens (tertiary/aromatic N) is 1. The third-order valence-corrected chi connectivity index (χ3v) is 7.66. The minimum Gasteiger partial charge on any atom is -0.507 e. The van der Waals surface area contributed by atoms with Crippen LogP contribution in [0.4, 0.5) is 0 Å². The van der Waals surface area contributed by atoms with Crippen molar-refractivity contribution in [2.75, 3.05) is 28.3 Å². The number of hydrogen-bond acceptors (Lipinski definition) is 9. The Bertz CT molecular complexity index is 1590. The van der Waals surface area contributed by atoms with E-state index in [2.05, 4.69) is 0 Å². The number of likely N-dealkylation sites (N-methyl/N-ethyl adjacent to an activating group) is 1. The van der Waals surface area contributed by atoms with E-state index in [4.69, 9.17) is 18.6 Å². The van der Waals surface area contributed by atoms with Crippen molar-refractivity contribution in [3.8, 4) is 17.2 Å². The van der Waals surface area contributed by atoms with Gasteiger partial charge in [0, 0.05) is 16.2 Å². The number of methoxy groups -OCH3 is 2. The molecule has 5 rings (SSSR count). The van der Waals surface area contributed by atoms with Gasteiger partial charge in [0.05, 0.1) is 43.2 Å². The average molecular weight is 524 g/mol. The largest absolute Gasteiger partial charge is 0.507 e. The molecule has 3 N–H and O–H groups in total. The number of aryl methyl sites for hydroxylation is 1. The maximum atomic E-state index is 13.4. The molecule has 9 heteroatoms. The van der Waals surface area contributed by atoms with Crippen LogP contribution in [0.1, 0.15) is 31.1 Å². The average Bonchev–Trinajstić information content (AvgIpc) is 2.90. The van der Waals surface area contributed by atoms with Gasteiger partial charge in [-0.3, -0.25) is 0 Å². The number of phenols is 1. The molecule has 0 saturated carbocycles. The molecule has 1 aliphatic rings. The minimum atomic E-state index is -1.13. The molecule has 1 fully saturated rings. The molecule has 0 bridgehead atoms. The second-order valence-electron chi connectivity index (χ2n) is 10.0. The van der Waals surface area contributed by atoms with Crippen molar-refractivity contribution in [2.24, 2.45) is 0 Å². The fourth-order valence-corrected chi connectivity index (χ4v) is 5.74. The molecule has 4 aromatic rings. The highest BCUT2D eigenvalue weighted by atomic mass is 16.5. The molecule has 5 unspecified atom stereocenters. The molecule has 9 nitrogen and oxygen atoms in total. The van der Waals surface area contributed by atoms with E-state index >= 15 is 0 Å². The molecule has 38 heavy (non-hydrogen) atoms. The standard InChI is InChI=1S/C29H33NO8/c1-7-14-10-17-21(19(11-14)35-5)16-12-20(36-6)23-18(31)9-8-15(22(23)27(16)38-29(17)34)28-26(33)24(30(3)4)25(32)13(2)37-28/h8-13,24-26,28,31-33H,7H2,1-6H3. The molecule has 5 atom stereocenters. The summed E-state index contributed by atoms with van der Waals surface area (Å²) >= 11 is 0. The van der Waals surface area contributed by atoms with Crippen LogP contribution in [-0.4, -0.2) is 72.9 Å². The highest BCUT2D eigenvalue weighted by molar-refractivity contribution is 6.19. The van der Waals surface area contributed by atoms with E-state index in [1.165, 1.54) is 13.2 Å². The Labute approximate surface area is 219 Å². The molecule has 0 spiro atoms. The Hall–Kier alpha value is -3.37. The molecule has 1 saturated heterocycles. The lowest BCUT2D eigenvalue weighted by atomic mass is 9.86. The second-order valence-corrected chi connectivity index (χ2v) is 10.0. The van der Waals surface area contributed by atoms with Gasteiger partial charge in [0.15, 0.2) is 0 Å². The van der Waals surface area contributed by atoms with E-state index in [0.29, 0.717) is 50.4 Å². The van der Waals surface area contributed by atoms with Crippen LogP contribution in [0.15, 0.2) is 39.5 Å². The van der Waals surface area contributed by atoms with Crippen molar-refractivity contribution in [3.63, 3.8) is 0 Å². The van der Waals surface area contributed by atoms with E-state index in [0.717, 1.165) is 5.56 Å². The zero-order chi connectivity index (χ0) is 27.5. The summed E-state index contributed by atoms with van der Waals surface area (Å²) in [6.07, 6.45) is -2.85. The predicted octanol–water partition coefficient (Wildman–Crippen LogP) is 3.50. The maximum absolute atomic E-state index is 13.4. The molecular weight excluding hydrogens is 490 g/mol. The third-order valence-electron chi connectivity index (χ3n) is 7.66. The number of aliphatic hydroxyl groups excluding tert-OH is 2. The van der Waals surface area contributed by atoms with Gasteiger partial charge in [0.25, 0.3) is 0 Å². The summed E-state index contributed by atoms with van der Waals surface area (Å²) in [7, 11) is 6.60. The van der Waals surface area contributed by atoms with Crippen molar-refractivity contribution in [1.82, 2.24) is 4.90 Å². The number of ether oxygens (including phenoxy) is 3. The summed E-state index contributed by atoms with van der Waals surface area (Å²) in [6.45, 7) is 3.73. The van der Waals surface area contributed by atoms with Gasteiger partial charge in [-0.15, -0.1) is 0 Å². The van der Waals surface area contributed by atoms with Crippen LogP contribution in [0, 0.1) is 0 Å². The predicted molar refractivity (Wildman–Crippen MR) is 144 cm³/mol. The monoisotopic (exact) mass is 523 g/mol. The maximum Gasteiger partial charge on any atom is 0.344 e. The highest BCUT2D eigenvalue weighted by Crippen LogP contribution is 2.47. The van der Waals surface area contributed by atoms with Gasteiger partial charge < -0.3 is 38.8 Å². The van der Waals surface area contributed by atoms with Gasteiger partial charge in [-0.1, -0.05) is 13.0 Å². The zero-order valence-electron chi connectivity index (χ0n) is 22.3. The molecule has 0 aliphatic carbocycles. The molecule has 3 aromatic carbocycles. The number of aromatic hydroxyl groups is 1. The summed E-state index contributed by atoms with van der Waals surface area (Å²) in [6, 6.07) is 7.92. The number of fused-ring (bicyclic) bond motifs is 5. The Morgan fingerprint density at radius 2 is 1.63 bits per heavy atom. The fourth-order valence-electron chi connectivity index (χ4n) is 5.74. The van der Waals surface area contributed by atoms with E-state index in [1.54, 1.807) is 51.2 Å². The van der Waals surface area contributed by atoms with Gasteiger partial charge in [0.2, 0.25) is 0 Å². The van der Waals surface area contributed by atoms with Gasteiger partial charge in [-0.05, 0) is 62.8 Å². The summed E-state index contributed by atoms with van der Waals surface area (Å²) < 4.78 is 23.5. The first-order chi connectivity index (χ1) is 18.1. The van der Waals surface area contributed by atoms with Crippen molar-refractivity contribution >= 4 is 32.5 Å². The SMILES string of the molecule is CCc1cc(OC)c2c(c1)c(=O)oc1c2cc(OC)c2c(O)ccc(C3OC(C)C(O)C(N(C)C)C3O)c21.